The van der Waals surface area contributed by atoms with E-state index in [4.69, 9.17) is 4.74 Å². The summed E-state index contributed by atoms with van der Waals surface area (Å²) in [6.07, 6.45) is 6.25. The minimum Gasteiger partial charge on any atom is -0.496 e. The number of nitrogens with zero attached hydrogens (tertiary/aromatic N) is 1. The van der Waals surface area contributed by atoms with Crippen LogP contribution in [0.3, 0.4) is 0 Å². The molecule has 21 heavy (non-hydrogen) atoms. The van der Waals surface area contributed by atoms with Crippen LogP contribution in [0.4, 0.5) is 4.39 Å². The second-order valence-electron chi connectivity index (χ2n) is 6.14. The Morgan fingerprint density at radius 2 is 2.14 bits per heavy atom. The van der Waals surface area contributed by atoms with E-state index >= 15 is 0 Å². The third-order valence-electron chi connectivity index (χ3n) is 4.93. The molecule has 1 heterocycles. The van der Waals surface area contributed by atoms with Gasteiger partial charge >= 0.3 is 0 Å². The first-order valence-corrected chi connectivity index (χ1v) is 7.80. The number of fused-ring (bicyclic) bond motifs is 1. The van der Waals surface area contributed by atoms with E-state index < -0.39 is 5.82 Å². The van der Waals surface area contributed by atoms with Gasteiger partial charge in [0.2, 0.25) is 0 Å². The van der Waals surface area contributed by atoms with Crippen LogP contribution in [-0.2, 0) is 0 Å². The second-order valence-corrected chi connectivity index (χ2v) is 6.14. The number of benzene rings is 1. The van der Waals surface area contributed by atoms with Gasteiger partial charge in [0.1, 0.15) is 11.6 Å². The van der Waals surface area contributed by atoms with Crippen LogP contribution in [0.5, 0.6) is 5.75 Å². The van der Waals surface area contributed by atoms with Crippen molar-refractivity contribution in [1.29, 1.82) is 0 Å². The van der Waals surface area contributed by atoms with Crippen molar-refractivity contribution in [3.05, 3.63) is 29.6 Å². The highest BCUT2D eigenvalue weighted by Crippen LogP contribution is 2.36. The van der Waals surface area contributed by atoms with Crippen molar-refractivity contribution in [1.82, 2.24) is 4.90 Å². The molecule has 0 radical (unpaired) electrons. The van der Waals surface area contributed by atoms with Gasteiger partial charge in [-0.2, -0.15) is 0 Å². The van der Waals surface area contributed by atoms with Gasteiger partial charge in [-0.05, 0) is 49.9 Å². The summed E-state index contributed by atoms with van der Waals surface area (Å²) in [7, 11) is 1.51. The maximum absolute atomic E-state index is 13.4. The monoisotopic (exact) mass is 291 g/mol. The fourth-order valence-corrected chi connectivity index (χ4v) is 3.87. The number of halogens is 1. The minimum atomic E-state index is -0.392. The van der Waals surface area contributed by atoms with Gasteiger partial charge in [-0.1, -0.05) is 12.8 Å². The minimum absolute atomic E-state index is 0.0439. The lowest BCUT2D eigenvalue weighted by atomic mass is 9.85. The van der Waals surface area contributed by atoms with E-state index in [1.54, 1.807) is 0 Å². The van der Waals surface area contributed by atoms with Crippen molar-refractivity contribution >= 4 is 5.78 Å². The van der Waals surface area contributed by atoms with Crippen LogP contribution in [0, 0.1) is 11.7 Å². The Bertz CT molecular complexity index is 532. The maximum atomic E-state index is 13.4. The molecule has 1 aromatic rings. The topological polar surface area (TPSA) is 29.5 Å². The molecule has 0 aromatic heterocycles. The van der Waals surface area contributed by atoms with Gasteiger partial charge in [0.15, 0.2) is 5.78 Å². The van der Waals surface area contributed by atoms with E-state index in [1.807, 2.05) is 0 Å². The van der Waals surface area contributed by atoms with Gasteiger partial charge < -0.3 is 4.74 Å². The molecule has 2 atom stereocenters. The Morgan fingerprint density at radius 1 is 1.33 bits per heavy atom. The highest BCUT2D eigenvalue weighted by atomic mass is 19.1. The smallest absolute Gasteiger partial charge is 0.180 e. The van der Waals surface area contributed by atoms with Crippen molar-refractivity contribution in [2.75, 3.05) is 20.2 Å². The number of hydrogen-bond donors (Lipinski definition) is 0. The van der Waals surface area contributed by atoms with Gasteiger partial charge in [-0.15, -0.1) is 0 Å². The van der Waals surface area contributed by atoms with E-state index in [2.05, 4.69) is 4.90 Å². The average Bonchev–Trinajstić information content (AvgIpc) is 2.90. The third kappa shape index (κ3) is 2.95. The molecule has 2 unspecified atom stereocenters. The molecule has 1 aliphatic heterocycles. The average molecular weight is 291 g/mol. The quantitative estimate of drug-likeness (QED) is 0.797. The summed E-state index contributed by atoms with van der Waals surface area (Å²) in [4.78, 5) is 14.8. The summed E-state index contributed by atoms with van der Waals surface area (Å²) >= 11 is 0. The summed E-state index contributed by atoms with van der Waals surface area (Å²) in [5.74, 6) is 0.774. The van der Waals surface area contributed by atoms with E-state index in [-0.39, 0.29) is 5.78 Å². The highest BCUT2D eigenvalue weighted by Gasteiger charge is 2.36. The van der Waals surface area contributed by atoms with E-state index in [9.17, 15) is 9.18 Å². The van der Waals surface area contributed by atoms with E-state index in [1.165, 1.54) is 57.4 Å². The van der Waals surface area contributed by atoms with Crippen LogP contribution in [0.1, 0.15) is 42.5 Å². The van der Waals surface area contributed by atoms with Gasteiger partial charge in [0.25, 0.3) is 0 Å². The molecule has 1 aromatic carbocycles. The molecule has 2 aliphatic rings. The lowest BCUT2D eigenvalue weighted by Gasteiger charge is -2.31. The maximum Gasteiger partial charge on any atom is 0.180 e. The number of carbonyl (C=O) groups is 1. The van der Waals surface area contributed by atoms with Crippen LogP contribution in [0.15, 0.2) is 18.2 Å². The number of rotatable bonds is 4. The summed E-state index contributed by atoms with van der Waals surface area (Å²) in [6, 6.07) is 4.68. The molecule has 0 bridgehead atoms. The summed E-state index contributed by atoms with van der Waals surface area (Å²) in [5.41, 5.74) is 0.358. The van der Waals surface area contributed by atoms with Gasteiger partial charge in [-0.3, -0.25) is 9.69 Å². The van der Waals surface area contributed by atoms with Crippen LogP contribution in [0.25, 0.3) is 0 Å². The number of hydrogen-bond acceptors (Lipinski definition) is 3. The van der Waals surface area contributed by atoms with Crippen molar-refractivity contribution in [3.63, 3.8) is 0 Å². The molecule has 114 valence electrons. The molecular weight excluding hydrogens is 269 g/mol. The molecule has 2 fully saturated rings. The van der Waals surface area contributed by atoms with E-state index in [0.717, 1.165) is 12.5 Å². The molecule has 1 aliphatic carbocycles. The number of Topliss-reactive ketones (excluding diaryl/α,β-unsaturated/α-hetero) is 1. The van der Waals surface area contributed by atoms with Crippen LogP contribution < -0.4 is 4.74 Å². The number of carbonyl (C=O) groups excluding carboxylic acids is 1. The zero-order valence-corrected chi connectivity index (χ0v) is 12.5. The summed E-state index contributed by atoms with van der Waals surface area (Å²) in [5, 5.41) is 0. The largest absolute Gasteiger partial charge is 0.496 e. The Balaban J connectivity index is 1.73. The van der Waals surface area contributed by atoms with Crippen molar-refractivity contribution < 1.29 is 13.9 Å². The first-order chi connectivity index (χ1) is 10.2. The Morgan fingerprint density at radius 3 is 2.95 bits per heavy atom. The molecule has 3 nitrogen and oxygen atoms in total. The molecule has 1 saturated carbocycles. The van der Waals surface area contributed by atoms with Crippen LogP contribution >= 0.6 is 0 Å². The third-order valence-corrected chi connectivity index (χ3v) is 4.93. The standard InChI is InChI=1S/C17H22FNO2/c1-21-17-7-6-13(18)10-14(17)16(20)11-19-9-8-12-4-2-3-5-15(12)19/h6-7,10,12,15H,2-5,8-9,11H2,1H3. The lowest BCUT2D eigenvalue weighted by molar-refractivity contribution is 0.0892. The van der Waals surface area contributed by atoms with Gasteiger partial charge in [0.05, 0.1) is 19.2 Å². The predicted molar refractivity (Wildman–Crippen MR) is 79.2 cm³/mol. The van der Waals surface area contributed by atoms with Crippen LogP contribution in [0.2, 0.25) is 0 Å². The molecule has 3 rings (SSSR count). The van der Waals surface area contributed by atoms with Gasteiger partial charge in [0, 0.05) is 6.04 Å². The van der Waals surface area contributed by atoms with Crippen molar-refractivity contribution in [2.24, 2.45) is 5.92 Å². The zero-order valence-electron chi connectivity index (χ0n) is 12.5. The molecular formula is C17H22FNO2. The molecule has 0 amide bonds. The molecule has 1 saturated heterocycles. The zero-order chi connectivity index (χ0) is 14.8. The SMILES string of the molecule is COc1ccc(F)cc1C(=O)CN1CCC2CCCCC21. The predicted octanol–water partition coefficient (Wildman–Crippen LogP) is 3.28. The summed E-state index contributed by atoms with van der Waals surface area (Å²) in [6.45, 7) is 1.36. The first kappa shape index (κ1) is 14.5. The fourth-order valence-electron chi connectivity index (χ4n) is 3.87. The van der Waals surface area contributed by atoms with Crippen LogP contribution in [-0.4, -0.2) is 36.9 Å². The van der Waals surface area contributed by atoms with E-state index in [0.29, 0.717) is 23.9 Å². The Kier molecular flexibility index (Phi) is 4.24. The van der Waals surface area contributed by atoms with Crippen molar-refractivity contribution in [2.45, 2.75) is 38.1 Å². The Labute approximate surface area is 125 Å². The normalized spacial score (nSPS) is 25.6. The number of ketones is 1. The second kappa shape index (κ2) is 6.14. The molecule has 0 spiro atoms. The van der Waals surface area contributed by atoms with Crippen molar-refractivity contribution in [3.8, 4) is 5.75 Å². The highest BCUT2D eigenvalue weighted by molar-refractivity contribution is 6.00. The molecule has 0 N–H and O–H groups in total. The summed E-state index contributed by atoms with van der Waals surface area (Å²) < 4.78 is 18.6. The molecule has 4 heteroatoms. The Hall–Kier alpha value is -1.42. The lowest BCUT2D eigenvalue weighted by Crippen LogP contribution is -2.38. The number of methoxy groups -OCH3 is 1. The first-order valence-electron chi connectivity index (χ1n) is 7.80. The number of likely N-dealkylation sites (tertiary alicyclic amines) is 1. The number of ether oxygens (including phenoxy) is 1. The fraction of sp³-hybridized carbons (Fsp3) is 0.588. The van der Waals surface area contributed by atoms with Gasteiger partial charge in [-0.25, -0.2) is 4.39 Å².